The Kier molecular flexibility index (Phi) is 7.56. The highest BCUT2D eigenvalue weighted by molar-refractivity contribution is 7.90. The zero-order chi connectivity index (χ0) is 20.7. The summed E-state index contributed by atoms with van der Waals surface area (Å²) in [6, 6.07) is 5.33. The smallest absolute Gasteiger partial charge is 0.226 e. The second kappa shape index (κ2) is 9.68. The number of aliphatic imine (C=N–C) groups is 1. The van der Waals surface area contributed by atoms with E-state index in [9.17, 15) is 8.42 Å². The van der Waals surface area contributed by atoms with Crippen LogP contribution < -0.4 is 10.6 Å². The summed E-state index contributed by atoms with van der Waals surface area (Å²) in [5.41, 5.74) is 1.73. The van der Waals surface area contributed by atoms with Crippen LogP contribution in [-0.4, -0.2) is 44.4 Å². The summed E-state index contributed by atoms with van der Waals surface area (Å²) in [4.78, 5) is 8.92. The van der Waals surface area contributed by atoms with Gasteiger partial charge in [0, 0.05) is 38.7 Å². The van der Waals surface area contributed by atoms with Crippen LogP contribution in [0, 0.1) is 6.92 Å². The Bertz CT molecular complexity index is 919. The fraction of sp³-hybridized carbons (Fsp3) is 0.526. The molecule has 0 saturated heterocycles. The van der Waals surface area contributed by atoms with E-state index in [1.165, 1.54) is 6.26 Å². The van der Waals surface area contributed by atoms with E-state index >= 15 is 0 Å². The van der Waals surface area contributed by atoms with Gasteiger partial charge in [0.25, 0.3) is 0 Å². The fourth-order valence-electron chi connectivity index (χ4n) is 2.69. The molecule has 0 atom stereocenters. The molecule has 2 aromatic rings. The molecule has 1 aromatic heterocycles. The Morgan fingerprint density at radius 2 is 2.04 bits per heavy atom. The molecule has 154 valence electrons. The largest absolute Gasteiger partial charge is 0.356 e. The van der Waals surface area contributed by atoms with Crippen molar-refractivity contribution in [2.45, 2.75) is 51.0 Å². The SMILES string of the molecule is CN=C(NCCCc1nc(C(C)C)no1)NCc1ccc(S(C)(=O)=O)c(C)c1. The first-order chi connectivity index (χ1) is 13.2. The monoisotopic (exact) mass is 407 g/mol. The van der Waals surface area contributed by atoms with E-state index in [2.05, 4.69) is 25.8 Å². The zero-order valence-corrected chi connectivity index (χ0v) is 17.9. The Labute approximate surface area is 166 Å². The van der Waals surface area contributed by atoms with Gasteiger partial charge in [-0.15, -0.1) is 0 Å². The molecule has 2 rings (SSSR count). The molecule has 2 N–H and O–H groups in total. The molecule has 0 aliphatic heterocycles. The maximum atomic E-state index is 11.7. The molecule has 0 bridgehead atoms. The molecule has 8 nitrogen and oxygen atoms in total. The van der Waals surface area contributed by atoms with Crippen molar-refractivity contribution in [1.82, 2.24) is 20.8 Å². The predicted molar refractivity (Wildman–Crippen MR) is 109 cm³/mol. The van der Waals surface area contributed by atoms with Crippen LogP contribution in [0.3, 0.4) is 0 Å². The molecule has 1 aromatic carbocycles. The Balaban J connectivity index is 1.79. The van der Waals surface area contributed by atoms with Crippen molar-refractivity contribution >= 4 is 15.8 Å². The van der Waals surface area contributed by atoms with Gasteiger partial charge in [-0.3, -0.25) is 4.99 Å². The topological polar surface area (TPSA) is 109 Å². The quantitative estimate of drug-likeness (QED) is 0.392. The van der Waals surface area contributed by atoms with Crippen molar-refractivity contribution in [2.24, 2.45) is 4.99 Å². The highest BCUT2D eigenvalue weighted by Gasteiger charge is 2.11. The highest BCUT2D eigenvalue weighted by atomic mass is 32.2. The number of aromatic nitrogens is 2. The maximum absolute atomic E-state index is 11.7. The number of sulfone groups is 1. The summed E-state index contributed by atoms with van der Waals surface area (Å²) in [6.45, 7) is 7.12. The fourth-order valence-corrected chi connectivity index (χ4v) is 3.65. The number of benzene rings is 1. The molecular weight excluding hydrogens is 378 g/mol. The first-order valence-electron chi connectivity index (χ1n) is 9.27. The molecule has 0 radical (unpaired) electrons. The Morgan fingerprint density at radius 3 is 2.61 bits per heavy atom. The number of hydrogen-bond acceptors (Lipinski definition) is 6. The zero-order valence-electron chi connectivity index (χ0n) is 17.1. The maximum Gasteiger partial charge on any atom is 0.226 e. The van der Waals surface area contributed by atoms with Crippen molar-refractivity contribution in [3.63, 3.8) is 0 Å². The molecule has 0 aliphatic carbocycles. The molecule has 0 fully saturated rings. The lowest BCUT2D eigenvalue weighted by Crippen LogP contribution is -2.37. The average Bonchev–Trinajstić information content (AvgIpc) is 3.09. The molecule has 1 heterocycles. The van der Waals surface area contributed by atoms with E-state index in [-0.39, 0.29) is 5.92 Å². The normalized spacial score (nSPS) is 12.4. The Morgan fingerprint density at radius 1 is 1.29 bits per heavy atom. The van der Waals surface area contributed by atoms with Gasteiger partial charge in [0.2, 0.25) is 5.89 Å². The lowest BCUT2D eigenvalue weighted by Gasteiger charge is -2.12. The van der Waals surface area contributed by atoms with Crippen LogP contribution in [0.1, 0.15) is 49.0 Å². The molecule has 9 heteroatoms. The van der Waals surface area contributed by atoms with E-state index in [0.29, 0.717) is 36.3 Å². The van der Waals surface area contributed by atoms with Gasteiger partial charge in [-0.2, -0.15) is 4.98 Å². The minimum absolute atomic E-state index is 0.258. The molecule has 0 spiro atoms. The molecular formula is C19H29N5O3S. The number of rotatable bonds is 8. The number of aryl methyl sites for hydroxylation is 2. The lowest BCUT2D eigenvalue weighted by molar-refractivity contribution is 0.368. The predicted octanol–water partition coefficient (Wildman–Crippen LogP) is 2.20. The van der Waals surface area contributed by atoms with E-state index < -0.39 is 9.84 Å². The summed E-state index contributed by atoms with van der Waals surface area (Å²) >= 11 is 0. The van der Waals surface area contributed by atoms with E-state index in [4.69, 9.17) is 4.52 Å². The number of nitrogens with zero attached hydrogens (tertiary/aromatic N) is 3. The van der Waals surface area contributed by atoms with Crippen molar-refractivity contribution in [3.8, 4) is 0 Å². The first-order valence-corrected chi connectivity index (χ1v) is 11.2. The third-order valence-corrected chi connectivity index (χ3v) is 5.44. The summed E-state index contributed by atoms with van der Waals surface area (Å²) in [7, 11) is -1.49. The third kappa shape index (κ3) is 6.33. The summed E-state index contributed by atoms with van der Waals surface area (Å²) in [5.74, 6) is 2.32. The van der Waals surface area contributed by atoms with E-state index in [0.717, 1.165) is 23.4 Å². The average molecular weight is 408 g/mol. The van der Waals surface area contributed by atoms with Gasteiger partial charge < -0.3 is 15.2 Å². The second-order valence-corrected chi connectivity index (χ2v) is 9.01. The number of hydrogen-bond donors (Lipinski definition) is 2. The third-order valence-electron chi connectivity index (χ3n) is 4.18. The van der Waals surface area contributed by atoms with Crippen molar-refractivity contribution in [1.29, 1.82) is 0 Å². The van der Waals surface area contributed by atoms with Crippen LogP contribution in [0.15, 0.2) is 32.6 Å². The summed E-state index contributed by atoms with van der Waals surface area (Å²) in [5, 5.41) is 10.4. The van der Waals surface area contributed by atoms with E-state index in [1.807, 2.05) is 26.0 Å². The number of nitrogens with one attached hydrogen (secondary N) is 2. The minimum Gasteiger partial charge on any atom is -0.356 e. The van der Waals surface area contributed by atoms with Gasteiger partial charge in [0.1, 0.15) is 0 Å². The molecule has 0 saturated carbocycles. The van der Waals surface area contributed by atoms with Crippen LogP contribution in [0.4, 0.5) is 0 Å². The lowest BCUT2D eigenvalue weighted by atomic mass is 10.1. The van der Waals surface area contributed by atoms with Crippen LogP contribution in [0.25, 0.3) is 0 Å². The Hall–Kier alpha value is -2.42. The van der Waals surface area contributed by atoms with Gasteiger partial charge >= 0.3 is 0 Å². The number of guanidine groups is 1. The van der Waals surface area contributed by atoms with Gasteiger partial charge in [-0.1, -0.05) is 31.1 Å². The molecule has 28 heavy (non-hydrogen) atoms. The summed E-state index contributed by atoms with van der Waals surface area (Å²) in [6.07, 6.45) is 2.76. The van der Waals surface area contributed by atoms with Gasteiger partial charge in [0.05, 0.1) is 4.90 Å². The standard InChI is InChI=1S/C19H29N5O3S/c1-13(2)18-23-17(27-24-18)7-6-10-21-19(20-4)22-12-15-8-9-16(14(3)11-15)28(5,25)26/h8-9,11,13H,6-7,10,12H2,1-5H3,(H2,20,21,22). The van der Waals surface area contributed by atoms with Crippen molar-refractivity contribution < 1.29 is 12.9 Å². The minimum atomic E-state index is -3.20. The van der Waals surface area contributed by atoms with Crippen LogP contribution in [0.2, 0.25) is 0 Å². The second-order valence-electron chi connectivity index (χ2n) is 7.03. The van der Waals surface area contributed by atoms with Crippen LogP contribution in [0.5, 0.6) is 0 Å². The van der Waals surface area contributed by atoms with E-state index in [1.54, 1.807) is 20.0 Å². The van der Waals surface area contributed by atoms with Gasteiger partial charge in [-0.25, -0.2) is 8.42 Å². The van der Waals surface area contributed by atoms with Crippen LogP contribution >= 0.6 is 0 Å². The first kappa shape index (κ1) is 21.9. The molecule has 0 unspecified atom stereocenters. The van der Waals surface area contributed by atoms with Crippen LogP contribution in [-0.2, 0) is 22.8 Å². The molecule has 0 aliphatic rings. The summed E-state index contributed by atoms with van der Waals surface area (Å²) < 4.78 is 28.6. The van der Waals surface area contributed by atoms with Crippen molar-refractivity contribution in [2.75, 3.05) is 19.8 Å². The highest BCUT2D eigenvalue weighted by Crippen LogP contribution is 2.16. The van der Waals surface area contributed by atoms with Crippen molar-refractivity contribution in [3.05, 3.63) is 41.0 Å². The van der Waals surface area contributed by atoms with Gasteiger partial charge in [0.15, 0.2) is 21.6 Å². The molecule has 0 amide bonds. The van der Waals surface area contributed by atoms with Gasteiger partial charge in [-0.05, 0) is 30.5 Å².